The number of hydrogen-bond acceptors (Lipinski definition) is 3. The molecule has 1 N–H and O–H groups in total. The molecule has 0 heterocycles. The topological polar surface area (TPSA) is 58.6 Å². The van der Waals surface area contributed by atoms with E-state index in [4.69, 9.17) is 16.3 Å². The monoisotopic (exact) mass is 508 g/mol. The largest absolute Gasteiger partial charge is 0.483 e. The predicted octanol–water partition coefficient (Wildman–Crippen LogP) is 5.25. The van der Waals surface area contributed by atoms with Crippen LogP contribution in [0.25, 0.3) is 0 Å². The third-order valence-corrected chi connectivity index (χ3v) is 5.97. The minimum Gasteiger partial charge on any atom is -0.483 e. The van der Waals surface area contributed by atoms with Gasteiger partial charge in [-0.3, -0.25) is 9.59 Å². The zero-order valence-electron chi connectivity index (χ0n) is 18.2. The third kappa shape index (κ3) is 7.86. The van der Waals surface area contributed by atoms with Gasteiger partial charge in [0.2, 0.25) is 5.91 Å². The van der Waals surface area contributed by atoms with Crippen LogP contribution < -0.4 is 10.1 Å². The summed E-state index contributed by atoms with van der Waals surface area (Å²) in [5, 5.41) is 3.58. The molecule has 0 fully saturated rings. The quantitative estimate of drug-likeness (QED) is 0.450. The Balaban J connectivity index is 2.15. The highest BCUT2D eigenvalue weighted by molar-refractivity contribution is 9.10. The van der Waals surface area contributed by atoms with Crippen molar-refractivity contribution in [2.24, 2.45) is 0 Å². The molecule has 0 bridgehead atoms. The molecule has 0 saturated heterocycles. The molecule has 0 aromatic heterocycles. The Morgan fingerprint density at radius 1 is 1.13 bits per heavy atom. The summed E-state index contributed by atoms with van der Waals surface area (Å²) >= 11 is 9.37. The summed E-state index contributed by atoms with van der Waals surface area (Å²) < 4.78 is 6.41. The number of carbonyl (C=O) groups is 2. The van der Waals surface area contributed by atoms with E-state index in [0.29, 0.717) is 34.6 Å². The van der Waals surface area contributed by atoms with Crippen LogP contribution >= 0.6 is 27.5 Å². The molecule has 168 valence electrons. The van der Waals surface area contributed by atoms with Crippen molar-refractivity contribution in [3.8, 4) is 5.75 Å². The Kier molecular flexibility index (Phi) is 10.3. The summed E-state index contributed by atoms with van der Waals surface area (Å²) in [5.41, 5.74) is 1.11. The van der Waals surface area contributed by atoms with Crippen molar-refractivity contribution in [3.63, 3.8) is 0 Å². The molecule has 0 aliphatic carbocycles. The second kappa shape index (κ2) is 12.7. The first-order valence-electron chi connectivity index (χ1n) is 10.6. The first-order chi connectivity index (χ1) is 14.8. The molecule has 0 spiro atoms. The van der Waals surface area contributed by atoms with Gasteiger partial charge in [-0.15, -0.1) is 0 Å². The third-order valence-electron chi connectivity index (χ3n) is 5.12. The maximum atomic E-state index is 13.2. The van der Waals surface area contributed by atoms with Crippen LogP contribution in [0.5, 0.6) is 5.75 Å². The number of hydrogen-bond donors (Lipinski definition) is 1. The van der Waals surface area contributed by atoms with Gasteiger partial charge in [0.05, 0.1) is 4.47 Å². The van der Waals surface area contributed by atoms with Crippen LogP contribution in [-0.2, 0) is 16.0 Å². The van der Waals surface area contributed by atoms with Crippen LogP contribution in [0.4, 0.5) is 0 Å². The number of halogens is 2. The van der Waals surface area contributed by atoms with E-state index in [0.717, 1.165) is 12.0 Å². The second-order valence-corrected chi connectivity index (χ2v) is 8.72. The number of amides is 2. The normalized spacial score (nSPS) is 12.7. The Morgan fingerprint density at radius 3 is 2.45 bits per heavy atom. The van der Waals surface area contributed by atoms with Crippen LogP contribution in [0.1, 0.15) is 39.2 Å². The molecule has 2 atom stereocenters. The average molecular weight is 510 g/mol. The van der Waals surface area contributed by atoms with Crippen molar-refractivity contribution < 1.29 is 14.3 Å². The van der Waals surface area contributed by atoms with Gasteiger partial charge in [-0.05, 0) is 65.9 Å². The van der Waals surface area contributed by atoms with Crippen LogP contribution in [0.2, 0.25) is 5.02 Å². The van der Waals surface area contributed by atoms with E-state index < -0.39 is 6.04 Å². The molecular formula is C24H30BrClN2O3. The molecule has 7 heteroatoms. The van der Waals surface area contributed by atoms with E-state index in [2.05, 4.69) is 21.2 Å². The van der Waals surface area contributed by atoms with Crippen LogP contribution in [0.15, 0.2) is 53.0 Å². The first-order valence-corrected chi connectivity index (χ1v) is 11.7. The fourth-order valence-corrected chi connectivity index (χ4v) is 3.95. The van der Waals surface area contributed by atoms with Gasteiger partial charge >= 0.3 is 0 Å². The highest BCUT2D eigenvalue weighted by Crippen LogP contribution is 2.28. The molecule has 0 saturated carbocycles. The van der Waals surface area contributed by atoms with Gasteiger partial charge in [-0.2, -0.15) is 0 Å². The molecule has 2 aromatic rings. The Labute approximate surface area is 198 Å². The maximum Gasteiger partial charge on any atom is 0.261 e. The van der Waals surface area contributed by atoms with Crippen molar-refractivity contribution in [2.45, 2.75) is 52.1 Å². The average Bonchev–Trinajstić information content (AvgIpc) is 2.76. The summed E-state index contributed by atoms with van der Waals surface area (Å²) in [6.07, 6.45) is 2.01. The smallest absolute Gasteiger partial charge is 0.261 e. The van der Waals surface area contributed by atoms with E-state index in [1.807, 2.05) is 51.1 Å². The van der Waals surface area contributed by atoms with E-state index in [1.54, 1.807) is 23.1 Å². The fourth-order valence-electron chi connectivity index (χ4n) is 3.15. The number of benzene rings is 2. The first kappa shape index (κ1) is 25.2. The number of carbonyl (C=O) groups excluding carboxylic acids is 2. The van der Waals surface area contributed by atoms with Crippen molar-refractivity contribution in [1.82, 2.24) is 10.2 Å². The van der Waals surface area contributed by atoms with Crippen LogP contribution in [-0.4, -0.2) is 41.9 Å². The van der Waals surface area contributed by atoms with Crippen LogP contribution in [0, 0.1) is 0 Å². The Morgan fingerprint density at radius 2 is 1.84 bits per heavy atom. The van der Waals surface area contributed by atoms with Gasteiger partial charge in [-0.25, -0.2) is 0 Å². The molecule has 0 radical (unpaired) electrons. The number of nitrogens with zero attached hydrogens (tertiary/aromatic N) is 1. The number of rotatable bonds is 11. The maximum absolute atomic E-state index is 13.2. The minimum atomic E-state index is -0.553. The Bertz CT molecular complexity index is 863. The lowest BCUT2D eigenvalue weighted by Crippen LogP contribution is -2.52. The molecule has 2 aromatic carbocycles. The highest BCUT2D eigenvalue weighted by atomic mass is 79.9. The van der Waals surface area contributed by atoms with Crippen molar-refractivity contribution >= 4 is 39.3 Å². The lowest BCUT2D eigenvalue weighted by molar-refractivity contribution is -0.142. The zero-order chi connectivity index (χ0) is 22.8. The number of nitrogens with one attached hydrogen (secondary N) is 1. The second-order valence-electron chi connectivity index (χ2n) is 7.43. The Hall–Kier alpha value is -2.05. The highest BCUT2D eigenvalue weighted by Gasteiger charge is 2.29. The molecule has 2 rings (SSSR count). The standard InChI is InChI=1S/C24H30BrClN2O3/c1-4-17(3)27-24(30)21(5-2)28(14-13-18-9-7-6-8-10-18)23(29)16-31-22-12-11-19(26)15-20(22)25/h6-12,15,17,21H,4-5,13-14,16H2,1-3H3,(H,27,30)/t17-,21-/m0/s1. The van der Waals surface area contributed by atoms with Crippen molar-refractivity contribution in [1.29, 1.82) is 0 Å². The SMILES string of the molecule is CC[C@H](C)NC(=O)[C@H](CC)N(CCc1ccccc1)C(=O)COc1ccc(Cl)cc1Br. The van der Waals surface area contributed by atoms with Gasteiger partial charge in [0.1, 0.15) is 11.8 Å². The van der Waals surface area contributed by atoms with Crippen molar-refractivity contribution in [2.75, 3.05) is 13.2 Å². The summed E-state index contributed by atoms with van der Waals surface area (Å²) in [5.74, 6) is 0.160. The van der Waals surface area contributed by atoms with Gasteiger partial charge in [0.15, 0.2) is 6.61 Å². The lowest BCUT2D eigenvalue weighted by atomic mass is 10.1. The summed E-state index contributed by atoms with van der Waals surface area (Å²) in [6.45, 7) is 6.16. The molecule has 2 amide bonds. The molecule has 0 unspecified atom stereocenters. The molecule has 31 heavy (non-hydrogen) atoms. The fraction of sp³-hybridized carbons (Fsp3) is 0.417. The molecule has 0 aliphatic rings. The predicted molar refractivity (Wildman–Crippen MR) is 128 cm³/mol. The lowest BCUT2D eigenvalue weighted by Gasteiger charge is -2.31. The zero-order valence-corrected chi connectivity index (χ0v) is 20.6. The number of ether oxygens (including phenoxy) is 1. The van der Waals surface area contributed by atoms with Gasteiger partial charge < -0.3 is 15.0 Å². The van der Waals surface area contributed by atoms with Gasteiger partial charge in [0, 0.05) is 17.6 Å². The van der Waals surface area contributed by atoms with E-state index >= 15 is 0 Å². The molecule has 5 nitrogen and oxygen atoms in total. The van der Waals surface area contributed by atoms with Gasteiger partial charge in [-0.1, -0.05) is 55.8 Å². The summed E-state index contributed by atoms with van der Waals surface area (Å²) in [7, 11) is 0. The molecular weight excluding hydrogens is 480 g/mol. The minimum absolute atomic E-state index is 0.0499. The van der Waals surface area contributed by atoms with E-state index in [-0.39, 0.29) is 24.5 Å². The van der Waals surface area contributed by atoms with Crippen molar-refractivity contribution in [3.05, 3.63) is 63.6 Å². The van der Waals surface area contributed by atoms with Crippen LogP contribution in [0.3, 0.4) is 0 Å². The van der Waals surface area contributed by atoms with Gasteiger partial charge in [0.25, 0.3) is 5.91 Å². The van der Waals surface area contributed by atoms with E-state index in [1.165, 1.54) is 0 Å². The van der Waals surface area contributed by atoms with E-state index in [9.17, 15) is 9.59 Å². The molecule has 0 aliphatic heterocycles. The summed E-state index contributed by atoms with van der Waals surface area (Å²) in [4.78, 5) is 27.7. The summed E-state index contributed by atoms with van der Waals surface area (Å²) in [6, 6.07) is 14.5.